The number of ketones is 2. The molecule has 6 aromatic rings. The van der Waals surface area contributed by atoms with E-state index < -0.39 is 0 Å². The van der Waals surface area contributed by atoms with Crippen molar-refractivity contribution in [1.29, 1.82) is 0 Å². The summed E-state index contributed by atoms with van der Waals surface area (Å²) in [4.78, 5) is 27.3. The molecule has 0 spiro atoms. The summed E-state index contributed by atoms with van der Waals surface area (Å²) < 4.78 is 7.50. The number of para-hydroxylation sites is 1. The molecule has 0 bridgehead atoms. The Hall–Kier alpha value is -4.29. The Balaban J connectivity index is 1.50. The van der Waals surface area contributed by atoms with Crippen LogP contribution in [0.1, 0.15) is 31.5 Å². The zero-order valence-corrected chi connectivity index (χ0v) is 18.1. The second-order valence-corrected chi connectivity index (χ2v) is 8.56. The lowest BCUT2D eigenvalue weighted by Crippen LogP contribution is -2.08. The van der Waals surface area contributed by atoms with Crippen LogP contribution in [0.5, 0.6) is 0 Å². The largest absolute Gasteiger partial charge is 0.453 e. The molecule has 0 radical (unpaired) electrons. The molecule has 0 amide bonds. The number of rotatable bonds is 5. The third kappa shape index (κ3) is 3.28. The molecule has 3 heterocycles. The fraction of sp³-hybridized carbons (Fsp3) is 0. The number of carbonyl (C=O) groups excluding carboxylic acids is 2. The number of aromatic nitrogens is 2. The van der Waals surface area contributed by atoms with Crippen LogP contribution in [0.3, 0.4) is 0 Å². The number of furan rings is 1. The lowest BCUT2D eigenvalue weighted by Gasteiger charge is -1.99. The maximum atomic E-state index is 13.6. The smallest absolute Gasteiger partial charge is 0.232 e. The van der Waals surface area contributed by atoms with Crippen molar-refractivity contribution in [2.75, 3.05) is 0 Å². The minimum absolute atomic E-state index is 0.108. The number of nitrogens with zero attached hydrogens (tertiary/aromatic N) is 2. The van der Waals surface area contributed by atoms with Crippen molar-refractivity contribution in [1.82, 2.24) is 9.78 Å². The molecule has 5 nitrogen and oxygen atoms in total. The zero-order chi connectivity index (χ0) is 22.4. The molecule has 33 heavy (non-hydrogen) atoms. The Morgan fingerprint density at radius 1 is 0.818 bits per heavy atom. The Morgan fingerprint density at radius 2 is 1.64 bits per heavy atom. The van der Waals surface area contributed by atoms with Gasteiger partial charge in [0.2, 0.25) is 11.6 Å². The molecular formula is C27H16N2O3S. The third-order valence-electron chi connectivity index (χ3n) is 5.59. The summed E-state index contributed by atoms with van der Waals surface area (Å²) in [6.45, 7) is 0. The van der Waals surface area contributed by atoms with E-state index in [1.54, 1.807) is 29.1 Å². The van der Waals surface area contributed by atoms with Crippen molar-refractivity contribution in [3.63, 3.8) is 0 Å². The molecule has 0 aliphatic carbocycles. The SMILES string of the molecule is O=C(c1cc2c(ccc3ccccc32)o1)c1cn(-c2ccccc2)nc1C(=O)c1cccs1. The van der Waals surface area contributed by atoms with Gasteiger partial charge < -0.3 is 4.42 Å². The number of benzene rings is 3. The second kappa shape index (κ2) is 7.69. The van der Waals surface area contributed by atoms with E-state index in [1.165, 1.54) is 11.3 Å². The molecule has 6 rings (SSSR count). The van der Waals surface area contributed by atoms with Gasteiger partial charge in [-0.2, -0.15) is 5.10 Å². The third-order valence-corrected chi connectivity index (χ3v) is 6.46. The molecule has 158 valence electrons. The van der Waals surface area contributed by atoms with E-state index in [9.17, 15) is 9.59 Å². The van der Waals surface area contributed by atoms with Gasteiger partial charge in [-0.1, -0.05) is 54.6 Å². The molecule has 0 fully saturated rings. The molecule has 0 aliphatic heterocycles. The highest BCUT2D eigenvalue weighted by Crippen LogP contribution is 2.30. The predicted molar refractivity (Wildman–Crippen MR) is 128 cm³/mol. The van der Waals surface area contributed by atoms with E-state index in [2.05, 4.69) is 5.10 Å². The molecule has 0 unspecified atom stereocenters. The lowest BCUT2D eigenvalue weighted by atomic mass is 10.0. The van der Waals surface area contributed by atoms with Gasteiger partial charge in [0.1, 0.15) is 11.3 Å². The normalized spacial score (nSPS) is 11.3. The molecule has 0 saturated carbocycles. The first-order valence-electron chi connectivity index (χ1n) is 10.4. The summed E-state index contributed by atoms with van der Waals surface area (Å²) in [6.07, 6.45) is 1.60. The van der Waals surface area contributed by atoms with Gasteiger partial charge >= 0.3 is 0 Å². The van der Waals surface area contributed by atoms with E-state index >= 15 is 0 Å². The van der Waals surface area contributed by atoms with Crippen LogP contribution in [-0.4, -0.2) is 21.3 Å². The van der Waals surface area contributed by atoms with Crippen LogP contribution in [0.25, 0.3) is 27.4 Å². The van der Waals surface area contributed by atoms with Gasteiger partial charge in [0.05, 0.1) is 16.1 Å². The number of hydrogen-bond acceptors (Lipinski definition) is 5. The van der Waals surface area contributed by atoms with Crippen molar-refractivity contribution in [3.8, 4) is 5.69 Å². The van der Waals surface area contributed by atoms with E-state index in [1.807, 2.05) is 72.1 Å². The summed E-state index contributed by atoms with van der Waals surface area (Å²) in [7, 11) is 0. The minimum Gasteiger partial charge on any atom is -0.453 e. The van der Waals surface area contributed by atoms with Gasteiger partial charge in [-0.3, -0.25) is 9.59 Å². The van der Waals surface area contributed by atoms with Crippen LogP contribution < -0.4 is 0 Å². The van der Waals surface area contributed by atoms with Crippen LogP contribution in [0.2, 0.25) is 0 Å². The maximum absolute atomic E-state index is 13.6. The first-order valence-corrected chi connectivity index (χ1v) is 11.3. The first-order chi connectivity index (χ1) is 16.2. The lowest BCUT2D eigenvalue weighted by molar-refractivity contribution is 0.0989. The Bertz CT molecular complexity index is 1640. The quantitative estimate of drug-likeness (QED) is 0.291. The van der Waals surface area contributed by atoms with Gasteiger partial charge in [-0.05, 0) is 46.5 Å². The summed E-state index contributed by atoms with van der Waals surface area (Å²) in [6, 6.07) is 26.5. The van der Waals surface area contributed by atoms with Crippen molar-refractivity contribution in [3.05, 3.63) is 118 Å². The Kier molecular flexibility index (Phi) is 4.52. The van der Waals surface area contributed by atoms with Gasteiger partial charge in [0, 0.05) is 11.6 Å². The molecule has 6 heteroatoms. The first kappa shape index (κ1) is 19.4. The van der Waals surface area contributed by atoms with Gasteiger partial charge in [-0.15, -0.1) is 11.3 Å². The van der Waals surface area contributed by atoms with Crippen LogP contribution in [-0.2, 0) is 0 Å². The average molecular weight is 449 g/mol. The minimum atomic E-state index is -0.377. The number of carbonyl (C=O) groups is 2. The Morgan fingerprint density at radius 3 is 2.45 bits per heavy atom. The van der Waals surface area contributed by atoms with E-state index in [4.69, 9.17) is 4.42 Å². The highest BCUT2D eigenvalue weighted by atomic mass is 32.1. The highest BCUT2D eigenvalue weighted by molar-refractivity contribution is 7.12. The molecule has 0 saturated heterocycles. The van der Waals surface area contributed by atoms with E-state index in [0.717, 1.165) is 21.8 Å². The fourth-order valence-electron chi connectivity index (χ4n) is 3.98. The molecule has 0 atom stereocenters. The topological polar surface area (TPSA) is 65.1 Å². The van der Waals surface area contributed by atoms with Crippen LogP contribution >= 0.6 is 11.3 Å². The summed E-state index contributed by atoms with van der Waals surface area (Å²) in [5.41, 5.74) is 1.70. The summed E-state index contributed by atoms with van der Waals surface area (Å²) >= 11 is 1.32. The van der Waals surface area contributed by atoms with Crippen molar-refractivity contribution >= 4 is 44.6 Å². The highest BCUT2D eigenvalue weighted by Gasteiger charge is 2.27. The molecular weight excluding hydrogens is 432 g/mol. The maximum Gasteiger partial charge on any atom is 0.232 e. The number of thiophene rings is 1. The molecule has 3 aromatic heterocycles. The predicted octanol–water partition coefficient (Wildman–Crippen LogP) is 6.30. The van der Waals surface area contributed by atoms with E-state index in [0.29, 0.717) is 10.5 Å². The van der Waals surface area contributed by atoms with Crippen molar-refractivity contribution < 1.29 is 14.0 Å². The standard InChI is InChI=1S/C27H16N2O3S/c30-26(23-15-20-19-10-5-4-7-17(19)12-13-22(20)32-23)21-16-29(18-8-2-1-3-9-18)28-25(21)27(31)24-11-6-14-33-24/h1-16H. The fourth-order valence-corrected chi connectivity index (χ4v) is 4.65. The number of hydrogen-bond donors (Lipinski definition) is 0. The van der Waals surface area contributed by atoms with Crippen LogP contribution in [0, 0.1) is 0 Å². The summed E-state index contributed by atoms with van der Waals surface area (Å²) in [5.74, 6) is -0.490. The monoisotopic (exact) mass is 448 g/mol. The van der Waals surface area contributed by atoms with Gasteiger partial charge in [-0.25, -0.2) is 4.68 Å². The van der Waals surface area contributed by atoms with Gasteiger partial charge in [0.25, 0.3) is 0 Å². The zero-order valence-electron chi connectivity index (χ0n) is 17.3. The molecule has 0 N–H and O–H groups in total. The number of fused-ring (bicyclic) bond motifs is 3. The molecule has 0 aliphatic rings. The Labute approximate surface area is 192 Å². The summed E-state index contributed by atoms with van der Waals surface area (Å²) in [5, 5.41) is 9.26. The van der Waals surface area contributed by atoms with Gasteiger partial charge in [0.15, 0.2) is 5.76 Å². The van der Waals surface area contributed by atoms with E-state index in [-0.39, 0.29) is 28.6 Å². The van der Waals surface area contributed by atoms with Crippen LogP contribution in [0.4, 0.5) is 0 Å². The van der Waals surface area contributed by atoms with Crippen molar-refractivity contribution in [2.45, 2.75) is 0 Å². The van der Waals surface area contributed by atoms with Crippen LogP contribution in [0.15, 0.2) is 101 Å². The van der Waals surface area contributed by atoms with Crippen molar-refractivity contribution in [2.24, 2.45) is 0 Å². The second-order valence-electron chi connectivity index (χ2n) is 7.62. The average Bonchev–Trinajstić information content (AvgIpc) is 3.63. The molecule has 3 aromatic carbocycles.